The lowest BCUT2D eigenvalue weighted by atomic mass is 10.1. The number of rotatable bonds is 2. The Kier molecular flexibility index (Phi) is 3.90. The Balaban J connectivity index is 1.61. The van der Waals surface area contributed by atoms with Gasteiger partial charge in [0.25, 0.3) is 0 Å². The second-order valence-corrected chi connectivity index (χ2v) is 6.40. The maximum absolute atomic E-state index is 3.68. The van der Waals surface area contributed by atoms with Crippen LogP contribution in [0.4, 0.5) is 0 Å². The van der Waals surface area contributed by atoms with Crippen LogP contribution < -0.4 is 5.32 Å². The smallest absolute Gasteiger partial charge is 0.0171 e. The van der Waals surface area contributed by atoms with Crippen molar-refractivity contribution >= 4 is 0 Å². The largest absolute Gasteiger partial charge is 0.312 e. The lowest BCUT2D eigenvalue weighted by Gasteiger charge is -2.31. The first kappa shape index (κ1) is 13.1. The van der Waals surface area contributed by atoms with Crippen LogP contribution in [-0.2, 0) is 0 Å². The van der Waals surface area contributed by atoms with Gasteiger partial charge in [0.15, 0.2) is 0 Å². The fourth-order valence-corrected chi connectivity index (χ4v) is 3.46. The molecule has 19 heavy (non-hydrogen) atoms. The summed E-state index contributed by atoms with van der Waals surface area (Å²) in [5.74, 6) is 0.791. The van der Waals surface area contributed by atoms with Crippen LogP contribution in [0.15, 0.2) is 30.3 Å². The van der Waals surface area contributed by atoms with Crippen molar-refractivity contribution in [2.45, 2.75) is 57.2 Å². The topological polar surface area (TPSA) is 15.3 Å². The summed E-state index contributed by atoms with van der Waals surface area (Å²) in [6.45, 7) is 7.16. The molecular weight excluding hydrogens is 232 g/mol. The van der Waals surface area contributed by atoms with Crippen LogP contribution in [0.2, 0.25) is 0 Å². The highest BCUT2D eigenvalue weighted by Gasteiger charge is 2.42. The van der Waals surface area contributed by atoms with E-state index in [4.69, 9.17) is 0 Å². The van der Waals surface area contributed by atoms with Crippen LogP contribution in [-0.4, -0.2) is 36.1 Å². The Bertz CT molecular complexity index is 391. The summed E-state index contributed by atoms with van der Waals surface area (Å²) in [6, 6.07) is 13.2. The molecule has 104 valence electrons. The number of hydrogen-bond acceptors (Lipinski definition) is 2. The molecule has 1 aromatic rings. The maximum atomic E-state index is 3.68. The van der Waals surface area contributed by atoms with Crippen molar-refractivity contribution in [2.24, 2.45) is 0 Å². The van der Waals surface area contributed by atoms with Crippen LogP contribution in [0.5, 0.6) is 0 Å². The highest BCUT2D eigenvalue weighted by atomic mass is 15.2. The fraction of sp³-hybridized carbons (Fsp3) is 0.647. The fourth-order valence-electron chi connectivity index (χ4n) is 3.46. The summed E-state index contributed by atoms with van der Waals surface area (Å²) in [7, 11) is 0. The van der Waals surface area contributed by atoms with Crippen LogP contribution in [0, 0.1) is 0 Å². The molecule has 4 unspecified atom stereocenters. The molecule has 1 saturated heterocycles. The van der Waals surface area contributed by atoms with Gasteiger partial charge in [-0.25, -0.2) is 0 Å². The molecule has 1 heterocycles. The summed E-state index contributed by atoms with van der Waals surface area (Å²) >= 11 is 0. The van der Waals surface area contributed by atoms with Crippen molar-refractivity contribution in [3.05, 3.63) is 35.9 Å². The summed E-state index contributed by atoms with van der Waals surface area (Å²) in [6.07, 6.45) is 3.92. The molecule has 2 aliphatic rings. The Morgan fingerprint density at radius 3 is 2.26 bits per heavy atom. The molecule has 1 aliphatic heterocycles. The zero-order valence-electron chi connectivity index (χ0n) is 12.2. The number of benzene rings is 1. The molecule has 0 bridgehead atoms. The lowest BCUT2D eigenvalue weighted by molar-refractivity contribution is 0.208. The van der Waals surface area contributed by atoms with E-state index in [2.05, 4.69) is 54.4 Å². The predicted octanol–water partition coefficient (Wildman–Crippen LogP) is 3.00. The third-order valence-electron chi connectivity index (χ3n) is 4.72. The Hall–Kier alpha value is -0.860. The van der Waals surface area contributed by atoms with Gasteiger partial charge in [-0.1, -0.05) is 30.3 Å². The van der Waals surface area contributed by atoms with E-state index in [0.717, 1.165) is 12.0 Å². The van der Waals surface area contributed by atoms with E-state index in [1.807, 2.05) is 0 Å². The summed E-state index contributed by atoms with van der Waals surface area (Å²) in [4.78, 5) is 2.74. The molecular formula is C17H26N2. The van der Waals surface area contributed by atoms with Gasteiger partial charge in [0.1, 0.15) is 0 Å². The molecule has 2 fully saturated rings. The van der Waals surface area contributed by atoms with Gasteiger partial charge in [0, 0.05) is 24.0 Å². The van der Waals surface area contributed by atoms with Crippen molar-refractivity contribution in [1.82, 2.24) is 10.2 Å². The molecule has 4 atom stereocenters. The zero-order chi connectivity index (χ0) is 13.2. The highest BCUT2D eigenvalue weighted by Crippen LogP contribution is 2.44. The lowest BCUT2D eigenvalue weighted by Crippen LogP contribution is -2.43. The summed E-state index contributed by atoms with van der Waals surface area (Å²) in [5, 5.41) is 3.68. The first-order valence-electron chi connectivity index (χ1n) is 7.79. The van der Waals surface area contributed by atoms with E-state index in [9.17, 15) is 0 Å². The van der Waals surface area contributed by atoms with Crippen molar-refractivity contribution in [1.29, 1.82) is 0 Å². The van der Waals surface area contributed by atoms with E-state index < -0.39 is 0 Å². The van der Waals surface area contributed by atoms with Crippen molar-refractivity contribution < 1.29 is 0 Å². The van der Waals surface area contributed by atoms with E-state index >= 15 is 0 Å². The minimum atomic E-state index is 0.659. The van der Waals surface area contributed by atoms with Crippen LogP contribution in [0.3, 0.4) is 0 Å². The van der Waals surface area contributed by atoms with E-state index in [1.165, 1.54) is 37.9 Å². The predicted molar refractivity (Wildman–Crippen MR) is 80.5 cm³/mol. The highest BCUT2D eigenvalue weighted by molar-refractivity contribution is 5.27. The molecule has 1 N–H and O–H groups in total. The van der Waals surface area contributed by atoms with Crippen LogP contribution >= 0.6 is 0 Å². The standard InChI is InChI=1S/C17H26N2/c1-13-8-10-19(11-9-14(2)18-13)17-12-16(17)15-6-4-3-5-7-15/h3-7,13-14,16-18H,8-12H2,1-2H3. The Morgan fingerprint density at radius 2 is 1.63 bits per heavy atom. The van der Waals surface area contributed by atoms with Gasteiger partial charge in [0.05, 0.1) is 0 Å². The van der Waals surface area contributed by atoms with E-state index in [0.29, 0.717) is 12.1 Å². The average molecular weight is 258 g/mol. The van der Waals surface area contributed by atoms with Gasteiger partial charge in [-0.15, -0.1) is 0 Å². The molecule has 1 aromatic carbocycles. The molecule has 3 rings (SSSR count). The average Bonchev–Trinajstić information content (AvgIpc) is 3.18. The Labute approximate surface area is 117 Å². The van der Waals surface area contributed by atoms with Gasteiger partial charge < -0.3 is 5.32 Å². The Morgan fingerprint density at radius 1 is 1.00 bits per heavy atom. The third kappa shape index (κ3) is 3.18. The molecule has 0 amide bonds. The van der Waals surface area contributed by atoms with Gasteiger partial charge in [-0.3, -0.25) is 4.90 Å². The summed E-state index contributed by atoms with van der Waals surface area (Å²) < 4.78 is 0. The SMILES string of the molecule is CC1CCN(C2CC2c2ccccc2)CCC(C)N1. The zero-order valence-corrected chi connectivity index (χ0v) is 12.2. The van der Waals surface area contributed by atoms with Gasteiger partial charge in [-0.2, -0.15) is 0 Å². The molecule has 2 nitrogen and oxygen atoms in total. The van der Waals surface area contributed by atoms with Crippen LogP contribution in [0.25, 0.3) is 0 Å². The second kappa shape index (κ2) is 5.64. The van der Waals surface area contributed by atoms with Crippen LogP contribution in [0.1, 0.15) is 44.6 Å². The van der Waals surface area contributed by atoms with Gasteiger partial charge in [0.2, 0.25) is 0 Å². The molecule has 0 spiro atoms. The van der Waals surface area contributed by atoms with Crippen molar-refractivity contribution in [3.63, 3.8) is 0 Å². The third-order valence-corrected chi connectivity index (χ3v) is 4.72. The maximum Gasteiger partial charge on any atom is 0.0171 e. The first-order chi connectivity index (χ1) is 9.24. The molecule has 2 heteroatoms. The van der Waals surface area contributed by atoms with Crippen molar-refractivity contribution in [3.8, 4) is 0 Å². The quantitative estimate of drug-likeness (QED) is 0.877. The number of nitrogens with one attached hydrogen (secondary N) is 1. The van der Waals surface area contributed by atoms with E-state index in [-0.39, 0.29) is 0 Å². The number of hydrogen-bond donors (Lipinski definition) is 1. The van der Waals surface area contributed by atoms with Gasteiger partial charge >= 0.3 is 0 Å². The molecule has 0 radical (unpaired) electrons. The van der Waals surface area contributed by atoms with E-state index in [1.54, 1.807) is 0 Å². The van der Waals surface area contributed by atoms with Crippen molar-refractivity contribution in [2.75, 3.05) is 13.1 Å². The normalized spacial score (nSPS) is 36.5. The monoisotopic (exact) mass is 258 g/mol. The molecule has 0 aromatic heterocycles. The first-order valence-corrected chi connectivity index (χ1v) is 7.79. The summed E-state index contributed by atoms with van der Waals surface area (Å²) in [5.41, 5.74) is 1.54. The minimum Gasteiger partial charge on any atom is -0.312 e. The van der Waals surface area contributed by atoms with Gasteiger partial charge in [-0.05, 0) is 51.8 Å². The molecule has 1 saturated carbocycles. The number of nitrogens with zero attached hydrogens (tertiary/aromatic N) is 1. The molecule has 1 aliphatic carbocycles. The second-order valence-electron chi connectivity index (χ2n) is 6.40. The minimum absolute atomic E-state index is 0.659.